The lowest BCUT2D eigenvalue weighted by molar-refractivity contribution is 0.248. The van der Waals surface area contributed by atoms with Crippen molar-refractivity contribution in [1.82, 2.24) is 10.2 Å². The van der Waals surface area contributed by atoms with Gasteiger partial charge in [0.25, 0.3) is 0 Å². The summed E-state index contributed by atoms with van der Waals surface area (Å²) in [5, 5.41) is 3.20. The quantitative estimate of drug-likeness (QED) is 0.897. The fourth-order valence-corrected chi connectivity index (χ4v) is 2.73. The Morgan fingerprint density at radius 3 is 2.84 bits per heavy atom. The smallest absolute Gasteiger partial charge is 0.146 e. The molecule has 1 heterocycles. The summed E-state index contributed by atoms with van der Waals surface area (Å²) in [6.07, 6.45) is 2.18. The van der Waals surface area contributed by atoms with Gasteiger partial charge in [0.1, 0.15) is 5.82 Å². The zero-order chi connectivity index (χ0) is 13.7. The van der Waals surface area contributed by atoms with E-state index in [-0.39, 0.29) is 5.82 Å². The molecule has 3 nitrogen and oxygen atoms in total. The van der Waals surface area contributed by atoms with Gasteiger partial charge in [-0.25, -0.2) is 4.39 Å². The lowest BCUT2D eigenvalue weighted by Gasteiger charge is -2.30. The molecule has 1 aromatic carbocycles. The van der Waals surface area contributed by atoms with Crippen molar-refractivity contribution in [2.75, 3.05) is 45.2 Å². The van der Waals surface area contributed by atoms with Crippen molar-refractivity contribution in [3.63, 3.8) is 0 Å². The van der Waals surface area contributed by atoms with Crippen molar-refractivity contribution >= 4 is 5.69 Å². The molecule has 0 saturated carbocycles. The second-order valence-electron chi connectivity index (χ2n) is 5.28. The molecule has 1 unspecified atom stereocenters. The van der Waals surface area contributed by atoms with Gasteiger partial charge >= 0.3 is 0 Å². The molecule has 106 valence electrons. The highest BCUT2D eigenvalue weighted by Gasteiger charge is 2.23. The molecular formula is C15H24FN3. The summed E-state index contributed by atoms with van der Waals surface area (Å²) >= 11 is 0. The van der Waals surface area contributed by atoms with E-state index in [4.69, 9.17) is 0 Å². The molecule has 1 aliphatic rings. The van der Waals surface area contributed by atoms with E-state index in [1.807, 2.05) is 19.2 Å². The van der Waals surface area contributed by atoms with E-state index in [2.05, 4.69) is 22.2 Å². The normalized spacial score (nSPS) is 21.4. The van der Waals surface area contributed by atoms with Gasteiger partial charge in [-0.1, -0.05) is 12.1 Å². The first kappa shape index (κ1) is 14.3. The number of likely N-dealkylation sites (N-methyl/N-ethyl adjacent to an activating group) is 1. The van der Waals surface area contributed by atoms with Crippen molar-refractivity contribution in [2.24, 2.45) is 0 Å². The summed E-state index contributed by atoms with van der Waals surface area (Å²) in [6, 6.07) is 7.58. The summed E-state index contributed by atoms with van der Waals surface area (Å²) in [4.78, 5) is 4.59. The number of para-hydroxylation sites is 1. The van der Waals surface area contributed by atoms with Crippen molar-refractivity contribution in [3.8, 4) is 0 Å². The minimum absolute atomic E-state index is 0.112. The van der Waals surface area contributed by atoms with Gasteiger partial charge in [0, 0.05) is 19.1 Å². The molecular weight excluding hydrogens is 241 g/mol. The third-order valence-corrected chi connectivity index (χ3v) is 3.91. The highest BCUT2D eigenvalue weighted by molar-refractivity contribution is 5.47. The van der Waals surface area contributed by atoms with Gasteiger partial charge in [-0.15, -0.1) is 0 Å². The minimum atomic E-state index is -0.112. The summed E-state index contributed by atoms with van der Waals surface area (Å²) in [5.74, 6) is -0.112. The van der Waals surface area contributed by atoms with Crippen molar-refractivity contribution in [2.45, 2.75) is 18.9 Å². The lowest BCUT2D eigenvalue weighted by atomic mass is 10.1. The molecule has 4 heteroatoms. The number of hydrogen-bond acceptors (Lipinski definition) is 3. The Morgan fingerprint density at radius 1 is 1.32 bits per heavy atom. The fraction of sp³-hybridized carbons (Fsp3) is 0.600. The fourth-order valence-electron chi connectivity index (χ4n) is 2.73. The van der Waals surface area contributed by atoms with Crippen LogP contribution in [-0.2, 0) is 0 Å². The highest BCUT2D eigenvalue weighted by Crippen LogP contribution is 2.22. The molecule has 0 spiro atoms. The van der Waals surface area contributed by atoms with E-state index in [1.54, 1.807) is 12.1 Å². The zero-order valence-electron chi connectivity index (χ0n) is 11.9. The number of nitrogens with zero attached hydrogens (tertiary/aromatic N) is 2. The molecule has 1 aliphatic heterocycles. The molecule has 1 fully saturated rings. The molecule has 0 aromatic heterocycles. The average molecular weight is 265 g/mol. The maximum Gasteiger partial charge on any atom is 0.146 e. The van der Waals surface area contributed by atoms with E-state index in [9.17, 15) is 4.39 Å². The summed E-state index contributed by atoms with van der Waals surface area (Å²) < 4.78 is 13.9. The van der Waals surface area contributed by atoms with Gasteiger partial charge in [0.15, 0.2) is 0 Å². The van der Waals surface area contributed by atoms with E-state index in [0.29, 0.717) is 6.04 Å². The standard InChI is InChI=1S/C15H24FN3/c1-17-9-8-13-12-19(11-5-10-18(13)2)15-7-4-3-6-14(15)16/h3-4,6-7,13,17H,5,8-12H2,1-2H3. The van der Waals surface area contributed by atoms with E-state index >= 15 is 0 Å². The maximum atomic E-state index is 13.9. The topological polar surface area (TPSA) is 18.5 Å². The number of rotatable bonds is 4. The van der Waals surface area contributed by atoms with E-state index in [1.165, 1.54) is 0 Å². The predicted octanol–water partition coefficient (Wildman–Crippen LogP) is 1.95. The van der Waals surface area contributed by atoms with Crippen LogP contribution in [0.4, 0.5) is 10.1 Å². The number of benzene rings is 1. The van der Waals surface area contributed by atoms with E-state index < -0.39 is 0 Å². The van der Waals surface area contributed by atoms with Crippen molar-refractivity contribution in [3.05, 3.63) is 30.1 Å². The van der Waals surface area contributed by atoms with Gasteiger partial charge in [-0.05, 0) is 52.2 Å². The van der Waals surface area contributed by atoms with Crippen molar-refractivity contribution in [1.29, 1.82) is 0 Å². The largest absolute Gasteiger partial charge is 0.368 e. The van der Waals surface area contributed by atoms with Crippen LogP contribution in [0, 0.1) is 5.82 Å². The van der Waals surface area contributed by atoms with Crippen LogP contribution < -0.4 is 10.2 Å². The summed E-state index contributed by atoms with van der Waals surface area (Å²) in [7, 11) is 4.15. The minimum Gasteiger partial charge on any atom is -0.368 e. The Kier molecular flexibility index (Phi) is 5.16. The molecule has 0 aliphatic carbocycles. The van der Waals surface area contributed by atoms with Gasteiger partial charge in [-0.2, -0.15) is 0 Å². The summed E-state index contributed by atoms with van der Waals surface area (Å²) in [5.41, 5.74) is 0.743. The highest BCUT2D eigenvalue weighted by atomic mass is 19.1. The van der Waals surface area contributed by atoms with Crippen LogP contribution in [-0.4, -0.2) is 51.2 Å². The summed E-state index contributed by atoms with van der Waals surface area (Å²) in [6.45, 7) is 3.92. The Bertz CT molecular complexity index is 397. The third kappa shape index (κ3) is 3.67. The third-order valence-electron chi connectivity index (χ3n) is 3.91. The van der Waals surface area contributed by atoms with E-state index in [0.717, 1.165) is 44.7 Å². The molecule has 1 atom stereocenters. The first-order valence-corrected chi connectivity index (χ1v) is 7.06. The molecule has 19 heavy (non-hydrogen) atoms. The molecule has 2 rings (SSSR count). The van der Waals surface area contributed by atoms with Crippen molar-refractivity contribution < 1.29 is 4.39 Å². The molecule has 1 N–H and O–H groups in total. The Balaban J connectivity index is 2.10. The average Bonchev–Trinajstić information content (AvgIpc) is 2.59. The number of hydrogen-bond donors (Lipinski definition) is 1. The number of anilines is 1. The number of halogens is 1. The number of nitrogens with one attached hydrogen (secondary N) is 1. The van der Waals surface area contributed by atoms with Gasteiger partial charge < -0.3 is 15.1 Å². The monoisotopic (exact) mass is 265 g/mol. The zero-order valence-corrected chi connectivity index (χ0v) is 11.9. The first-order valence-electron chi connectivity index (χ1n) is 7.06. The van der Waals surface area contributed by atoms with Crippen LogP contribution in [0.5, 0.6) is 0 Å². The van der Waals surface area contributed by atoms with Crippen LogP contribution >= 0.6 is 0 Å². The SMILES string of the molecule is CNCCC1CN(c2ccccc2F)CCCN1C. The predicted molar refractivity (Wildman–Crippen MR) is 78.2 cm³/mol. The Morgan fingerprint density at radius 2 is 2.11 bits per heavy atom. The van der Waals surface area contributed by atoms with Gasteiger partial charge in [-0.3, -0.25) is 0 Å². The lowest BCUT2D eigenvalue weighted by Crippen LogP contribution is -2.40. The first-order chi connectivity index (χ1) is 9.22. The Hall–Kier alpha value is -1.13. The second kappa shape index (κ2) is 6.87. The van der Waals surface area contributed by atoms with Crippen LogP contribution in [0.25, 0.3) is 0 Å². The van der Waals surface area contributed by atoms with Crippen LogP contribution in [0.3, 0.4) is 0 Å². The molecule has 0 amide bonds. The second-order valence-corrected chi connectivity index (χ2v) is 5.28. The maximum absolute atomic E-state index is 13.9. The molecule has 0 radical (unpaired) electrons. The van der Waals surface area contributed by atoms with Gasteiger partial charge in [0.05, 0.1) is 5.69 Å². The molecule has 0 bridgehead atoms. The van der Waals surface area contributed by atoms with Gasteiger partial charge in [0.2, 0.25) is 0 Å². The Labute approximate surface area is 115 Å². The molecule has 1 aromatic rings. The van der Waals surface area contributed by atoms with Crippen LogP contribution in [0.2, 0.25) is 0 Å². The van der Waals surface area contributed by atoms with Crippen LogP contribution in [0.15, 0.2) is 24.3 Å². The van der Waals surface area contributed by atoms with Crippen LogP contribution in [0.1, 0.15) is 12.8 Å². The molecule has 1 saturated heterocycles.